The first-order valence-electron chi connectivity index (χ1n) is 7.81. The summed E-state index contributed by atoms with van der Waals surface area (Å²) in [5.41, 5.74) is 0.913. The lowest BCUT2D eigenvalue weighted by atomic mass is 10.2. The predicted molar refractivity (Wildman–Crippen MR) is 91.0 cm³/mol. The Kier molecular flexibility index (Phi) is 5.09. The molecule has 0 amide bonds. The Morgan fingerprint density at radius 3 is 2.87 bits per heavy atom. The molecule has 0 bridgehead atoms. The molecule has 0 spiro atoms. The van der Waals surface area contributed by atoms with E-state index in [1.165, 1.54) is 0 Å². The highest BCUT2D eigenvalue weighted by Crippen LogP contribution is 2.14. The molecule has 1 fully saturated rings. The topological polar surface area (TPSA) is 80.3 Å². The van der Waals surface area contributed by atoms with Crippen molar-refractivity contribution < 1.29 is 13.2 Å². The Morgan fingerprint density at radius 2 is 2.04 bits per heavy atom. The predicted octanol–water partition coefficient (Wildman–Crippen LogP) is 1.75. The van der Waals surface area contributed by atoms with Crippen LogP contribution in [0.4, 0.5) is 5.82 Å². The summed E-state index contributed by atoms with van der Waals surface area (Å²) >= 11 is 0. The van der Waals surface area contributed by atoms with Gasteiger partial charge in [0.2, 0.25) is 10.0 Å². The number of anilines is 1. The number of pyridine rings is 1. The number of aromatic nitrogens is 1. The van der Waals surface area contributed by atoms with Crippen LogP contribution < -0.4 is 10.0 Å². The van der Waals surface area contributed by atoms with E-state index in [2.05, 4.69) is 15.0 Å². The van der Waals surface area contributed by atoms with Crippen LogP contribution in [0.3, 0.4) is 0 Å². The van der Waals surface area contributed by atoms with E-state index in [0.717, 1.165) is 29.6 Å². The summed E-state index contributed by atoms with van der Waals surface area (Å²) in [6, 6.07) is 11.8. The van der Waals surface area contributed by atoms with Gasteiger partial charge in [-0.3, -0.25) is 0 Å². The van der Waals surface area contributed by atoms with Crippen LogP contribution in [0.25, 0.3) is 10.9 Å². The highest BCUT2D eigenvalue weighted by atomic mass is 32.2. The van der Waals surface area contributed by atoms with Crippen molar-refractivity contribution in [1.82, 2.24) is 9.71 Å². The molecule has 1 saturated heterocycles. The van der Waals surface area contributed by atoms with E-state index in [1.807, 2.05) is 36.4 Å². The fraction of sp³-hybridized carbons (Fsp3) is 0.438. The lowest BCUT2D eigenvalue weighted by molar-refractivity contribution is 0.127. The van der Waals surface area contributed by atoms with E-state index in [-0.39, 0.29) is 11.9 Å². The summed E-state index contributed by atoms with van der Waals surface area (Å²) in [6.45, 7) is 1.47. The van der Waals surface area contributed by atoms with Gasteiger partial charge in [-0.2, -0.15) is 0 Å². The molecule has 1 aromatic carbocycles. The molecule has 1 aliphatic heterocycles. The van der Waals surface area contributed by atoms with Gasteiger partial charge in [-0.15, -0.1) is 0 Å². The van der Waals surface area contributed by atoms with Crippen molar-refractivity contribution in [1.29, 1.82) is 0 Å². The number of hydrogen-bond donors (Lipinski definition) is 2. The second-order valence-corrected chi connectivity index (χ2v) is 7.48. The zero-order chi connectivity index (χ0) is 16.1. The maximum Gasteiger partial charge on any atom is 0.214 e. The van der Waals surface area contributed by atoms with Gasteiger partial charge in [0.1, 0.15) is 5.82 Å². The van der Waals surface area contributed by atoms with Crippen molar-refractivity contribution in [3.8, 4) is 0 Å². The summed E-state index contributed by atoms with van der Waals surface area (Å²) in [5.74, 6) is 0.781. The SMILES string of the molecule is O=S(=O)(CC1CCCO1)NCCNc1ccc2ccccc2n1. The molecule has 0 aliphatic carbocycles. The van der Waals surface area contributed by atoms with Crippen LogP contribution in [0.2, 0.25) is 0 Å². The molecule has 1 aromatic heterocycles. The largest absolute Gasteiger partial charge is 0.377 e. The number of nitrogens with one attached hydrogen (secondary N) is 2. The minimum absolute atomic E-state index is 0.0429. The molecule has 1 aliphatic rings. The molecule has 6 nitrogen and oxygen atoms in total. The molecule has 0 radical (unpaired) electrons. The minimum atomic E-state index is -3.29. The van der Waals surface area contributed by atoms with Crippen LogP contribution in [-0.2, 0) is 14.8 Å². The van der Waals surface area contributed by atoms with Crippen LogP contribution in [0.5, 0.6) is 0 Å². The van der Waals surface area contributed by atoms with E-state index < -0.39 is 10.0 Å². The number of fused-ring (bicyclic) bond motifs is 1. The molecular weight excluding hydrogens is 314 g/mol. The molecular formula is C16H21N3O3S. The van der Waals surface area contributed by atoms with Crippen molar-refractivity contribution in [3.63, 3.8) is 0 Å². The molecule has 2 aromatic rings. The maximum atomic E-state index is 11.9. The Labute approximate surface area is 136 Å². The molecule has 0 saturated carbocycles. The highest BCUT2D eigenvalue weighted by Gasteiger charge is 2.22. The number of nitrogens with zero attached hydrogens (tertiary/aromatic N) is 1. The van der Waals surface area contributed by atoms with Crippen molar-refractivity contribution in [3.05, 3.63) is 36.4 Å². The number of para-hydroxylation sites is 1. The highest BCUT2D eigenvalue weighted by molar-refractivity contribution is 7.89. The van der Waals surface area contributed by atoms with E-state index in [1.54, 1.807) is 0 Å². The molecule has 1 atom stereocenters. The van der Waals surface area contributed by atoms with Gasteiger partial charge in [-0.25, -0.2) is 18.1 Å². The monoisotopic (exact) mass is 335 g/mol. The van der Waals surface area contributed by atoms with E-state index in [4.69, 9.17) is 4.74 Å². The summed E-state index contributed by atoms with van der Waals surface area (Å²) in [7, 11) is -3.29. The van der Waals surface area contributed by atoms with Crippen LogP contribution in [0.1, 0.15) is 12.8 Å². The van der Waals surface area contributed by atoms with Gasteiger partial charge < -0.3 is 10.1 Å². The van der Waals surface area contributed by atoms with Crippen LogP contribution in [-0.4, -0.2) is 45.0 Å². The lowest BCUT2D eigenvalue weighted by Crippen LogP contribution is -2.34. The summed E-state index contributed by atoms with van der Waals surface area (Å²) in [4.78, 5) is 4.48. The smallest absolute Gasteiger partial charge is 0.214 e. The third-order valence-corrected chi connectivity index (χ3v) is 5.24. The van der Waals surface area contributed by atoms with Gasteiger partial charge in [-0.05, 0) is 31.0 Å². The third-order valence-electron chi connectivity index (χ3n) is 3.78. The van der Waals surface area contributed by atoms with Gasteiger partial charge in [0.15, 0.2) is 0 Å². The molecule has 1 unspecified atom stereocenters. The molecule has 2 heterocycles. The number of rotatable bonds is 7. The summed E-state index contributed by atoms with van der Waals surface area (Å²) in [6.07, 6.45) is 1.60. The second-order valence-electron chi connectivity index (χ2n) is 5.63. The van der Waals surface area contributed by atoms with Gasteiger partial charge in [0.25, 0.3) is 0 Å². The average molecular weight is 335 g/mol. The number of hydrogen-bond acceptors (Lipinski definition) is 5. The number of benzene rings is 1. The minimum Gasteiger partial charge on any atom is -0.377 e. The fourth-order valence-electron chi connectivity index (χ4n) is 2.64. The first-order chi connectivity index (χ1) is 11.1. The van der Waals surface area contributed by atoms with Crippen molar-refractivity contribution >= 4 is 26.7 Å². The molecule has 124 valence electrons. The second kappa shape index (κ2) is 7.25. The van der Waals surface area contributed by atoms with Crippen LogP contribution in [0, 0.1) is 0 Å². The Hall–Kier alpha value is -1.70. The summed E-state index contributed by atoms with van der Waals surface area (Å²) in [5, 5.41) is 4.21. The fourth-order valence-corrected chi connectivity index (χ4v) is 3.92. The zero-order valence-electron chi connectivity index (χ0n) is 12.9. The normalized spacial score (nSPS) is 18.3. The Balaban J connectivity index is 1.46. The van der Waals surface area contributed by atoms with Crippen molar-refractivity contribution in [2.75, 3.05) is 30.8 Å². The molecule has 7 heteroatoms. The third kappa shape index (κ3) is 4.63. The molecule has 3 rings (SSSR count). The Bertz CT molecular complexity index is 758. The van der Waals surface area contributed by atoms with E-state index >= 15 is 0 Å². The molecule has 23 heavy (non-hydrogen) atoms. The summed E-state index contributed by atoms with van der Waals surface area (Å²) < 4.78 is 31.8. The Morgan fingerprint density at radius 1 is 1.17 bits per heavy atom. The van der Waals surface area contributed by atoms with Crippen LogP contribution in [0.15, 0.2) is 36.4 Å². The van der Waals surface area contributed by atoms with Gasteiger partial charge >= 0.3 is 0 Å². The van der Waals surface area contributed by atoms with Crippen molar-refractivity contribution in [2.24, 2.45) is 0 Å². The van der Waals surface area contributed by atoms with Gasteiger partial charge in [0.05, 0.1) is 17.4 Å². The van der Waals surface area contributed by atoms with Crippen LogP contribution >= 0.6 is 0 Å². The first-order valence-corrected chi connectivity index (χ1v) is 9.46. The average Bonchev–Trinajstić information content (AvgIpc) is 3.03. The quantitative estimate of drug-likeness (QED) is 0.754. The zero-order valence-corrected chi connectivity index (χ0v) is 13.7. The van der Waals surface area contributed by atoms with E-state index in [9.17, 15) is 8.42 Å². The molecule has 2 N–H and O–H groups in total. The standard InChI is InChI=1S/C16H21N3O3S/c20-23(21,12-14-5-3-11-22-14)18-10-9-17-16-8-7-13-4-1-2-6-15(13)19-16/h1-2,4,6-8,14,18H,3,5,9-12H2,(H,17,19). The first kappa shape index (κ1) is 16.2. The van der Waals surface area contributed by atoms with E-state index in [0.29, 0.717) is 19.7 Å². The van der Waals surface area contributed by atoms with Gasteiger partial charge in [0, 0.05) is 25.1 Å². The van der Waals surface area contributed by atoms with Gasteiger partial charge in [-0.1, -0.05) is 18.2 Å². The number of sulfonamides is 1. The van der Waals surface area contributed by atoms with Crippen molar-refractivity contribution in [2.45, 2.75) is 18.9 Å². The number of ether oxygens (including phenoxy) is 1. The lowest BCUT2D eigenvalue weighted by Gasteiger charge is -2.12. The maximum absolute atomic E-state index is 11.9.